The van der Waals surface area contributed by atoms with Gasteiger partial charge in [0.2, 0.25) is 5.91 Å². The monoisotopic (exact) mass is 320 g/mol. The molecule has 1 unspecified atom stereocenters. The van der Waals surface area contributed by atoms with Gasteiger partial charge in [-0.2, -0.15) is 0 Å². The van der Waals surface area contributed by atoms with Gasteiger partial charge in [0.15, 0.2) is 0 Å². The van der Waals surface area contributed by atoms with Crippen LogP contribution in [0.3, 0.4) is 0 Å². The molecule has 2 aromatic carbocycles. The summed E-state index contributed by atoms with van der Waals surface area (Å²) in [5.74, 6) is 1.94. The zero-order valence-electron chi connectivity index (χ0n) is 13.3. The van der Waals surface area contributed by atoms with E-state index >= 15 is 0 Å². The molecular formula is C19H20N4O. The Hall–Kier alpha value is -3.10. The molecule has 0 saturated carbocycles. The van der Waals surface area contributed by atoms with E-state index in [4.69, 9.17) is 23.3 Å². The average Bonchev–Trinajstić information content (AvgIpc) is 2.59. The molecule has 1 amide bonds. The molecule has 0 aliphatic carbocycles. The molecule has 122 valence electrons. The summed E-state index contributed by atoms with van der Waals surface area (Å²) in [5.41, 5.74) is 14.7. The van der Waals surface area contributed by atoms with Crippen molar-refractivity contribution in [3.63, 3.8) is 0 Å². The standard InChI is InChI=1S/C19H20N4O/c1-2-13-6-7-17(11-15(13)12-21)23-19(24)18(8-9-20)14-4-3-5-16(22)10-14/h1,3-7,10-12,18,21H,8-9,20,22H2,(H,23,24). The average molecular weight is 320 g/mol. The van der Waals surface area contributed by atoms with E-state index in [-0.39, 0.29) is 5.91 Å². The van der Waals surface area contributed by atoms with Crippen molar-refractivity contribution in [2.75, 3.05) is 17.6 Å². The molecule has 1 atom stereocenters. The van der Waals surface area contributed by atoms with Gasteiger partial charge in [-0.25, -0.2) is 0 Å². The number of carbonyl (C=O) groups excluding carboxylic acids is 1. The van der Waals surface area contributed by atoms with E-state index in [1.807, 2.05) is 12.1 Å². The van der Waals surface area contributed by atoms with Crippen molar-refractivity contribution >= 4 is 23.5 Å². The quantitative estimate of drug-likeness (QED) is 0.373. The first-order chi connectivity index (χ1) is 11.6. The molecule has 0 bridgehead atoms. The van der Waals surface area contributed by atoms with Crippen LogP contribution in [0.4, 0.5) is 11.4 Å². The molecule has 0 radical (unpaired) electrons. The van der Waals surface area contributed by atoms with Crippen LogP contribution in [0.25, 0.3) is 0 Å². The largest absolute Gasteiger partial charge is 0.399 e. The maximum absolute atomic E-state index is 12.7. The number of amides is 1. The highest BCUT2D eigenvalue weighted by Gasteiger charge is 2.20. The van der Waals surface area contributed by atoms with Gasteiger partial charge in [0.05, 0.1) is 5.92 Å². The van der Waals surface area contributed by atoms with Crippen LogP contribution in [-0.2, 0) is 4.79 Å². The number of benzene rings is 2. The van der Waals surface area contributed by atoms with Crippen LogP contribution in [0.1, 0.15) is 29.0 Å². The van der Waals surface area contributed by atoms with Crippen molar-refractivity contribution in [2.24, 2.45) is 5.73 Å². The van der Waals surface area contributed by atoms with Crippen molar-refractivity contribution in [3.05, 3.63) is 59.2 Å². The van der Waals surface area contributed by atoms with E-state index in [1.54, 1.807) is 30.3 Å². The van der Waals surface area contributed by atoms with Crippen LogP contribution in [0.2, 0.25) is 0 Å². The van der Waals surface area contributed by atoms with Crippen molar-refractivity contribution < 1.29 is 4.79 Å². The second kappa shape index (κ2) is 7.95. The third-order valence-corrected chi connectivity index (χ3v) is 3.71. The van der Waals surface area contributed by atoms with E-state index in [0.717, 1.165) is 5.56 Å². The van der Waals surface area contributed by atoms with E-state index in [9.17, 15) is 4.79 Å². The molecule has 2 rings (SSSR count). The highest BCUT2D eigenvalue weighted by atomic mass is 16.1. The molecule has 0 saturated heterocycles. The summed E-state index contributed by atoms with van der Waals surface area (Å²) in [7, 11) is 0. The maximum Gasteiger partial charge on any atom is 0.231 e. The van der Waals surface area contributed by atoms with Gasteiger partial charge in [-0.1, -0.05) is 18.1 Å². The molecule has 0 heterocycles. The van der Waals surface area contributed by atoms with Gasteiger partial charge in [-0.05, 0) is 48.9 Å². The van der Waals surface area contributed by atoms with Gasteiger partial charge < -0.3 is 22.2 Å². The van der Waals surface area contributed by atoms with Crippen LogP contribution in [0, 0.1) is 17.8 Å². The number of hydrogen-bond acceptors (Lipinski definition) is 4. The molecule has 0 spiro atoms. The summed E-state index contributed by atoms with van der Waals surface area (Å²) in [6.45, 7) is 0.384. The molecule has 0 fully saturated rings. The first kappa shape index (κ1) is 17.3. The third kappa shape index (κ3) is 4.00. The van der Waals surface area contributed by atoms with Gasteiger partial charge in [0, 0.05) is 28.7 Å². The van der Waals surface area contributed by atoms with E-state index in [2.05, 4.69) is 11.2 Å². The molecule has 2 aromatic rings. The number of terminal acetylenes is 1. The smallest absolute Gasteiger partial charge is 0.231 e. The summed E-state index contributed by atoms with van der Waals surface area (Å²) in [5, 5.41) is 10.3. The van der Waals surface area contributed by atoms with E-state index in [0.29, 0.717) is 35.5 Å². The SMILES string of the molecule is C#Cc1ccc(NC(=O)C(CCN)c2cccc(N)c2)cc1C=N. The summed E-state index contributed by atoms with van der Waals surface area (Å²) < 4.78 is 0. The number of carbonyl (C=O) groups is 1. The summed E-state index contributed by atoms with van der Waals surface area (Å²) in [4.78, 5) is 12.7. The minimum Gasteiger partial charge on any atom is -0.399 e. The minimum atomic E-state index is -0.394. The molecule has 6 N–H and O–H groups in total. The Balaban J connectivity index is 2.25. The lowest BCUT2D eigenvalue weighted by Crippen LogP contribution is -2.23. The van der Waals surface area contributed by atoms with Gasteiger partial charge in [-0.15, -0.1) is 6.42 Å². The molecule has 0 aliphatic heterocycles. The highest BCUT2D eigenvalue weighted by molar-refractivity contribution is 5.97. The maximum atomic E-state index is 12.7. The van der Waals surface area contributed by atoms with Crippen molar-refractivity contribution in [1.29, 1.82) is 5.41 Å². The first-order valence-corrected chi connectivity index (χ1v) is 7.56. The molecule has 24 heavy (non-hydrogen) atoms. The van der Waals surface area contributed by atoms with Gasteiger partial charge in [0.25, 0.3) is 0 Å². The zero-order chi connectivity index (χ0) is 17.5. The lowest BCUT2D eigenvalue weighted by molar-refractivity contribution is -0.117. The highest BCUT2D eigenvalue weighted by Crippen LogP contribution is 2.24. The van der Waals surface area contributed by atoms with Gasteiger partial charge >= 0.3 is 0 Å². The fourth-order valence-electron chi connectivity index (χ4n) is 2.51. The lowest BCUT2D eigenvalue weighted by atomic mass is 9.94. The Morgan fingerprint density at radius 3 is 2.75 bits per heavy atom. The summed E-state index contributed by atoms with van der Waals surface area (Å²) >= 11 is 0. The Labute approximate surface area is 141 Å². The Morgan fingerprint density at radius 1 is 1.33 bits per heavy atom. The predicted octanol–water partition coefficient (Wildman–Crippen LogP) is 2.32. The van der Waals surface area contributed by atoms with Crippen molar-refractivity contribution in [2.45, 2.75) is 12.3 Å². The second-order valence-corrected chi connectivity index (χ2v) is 5.38. The Kier molecular flexibility index (Phi) is 5.72. The van der Waals surface area contributed by atoms with Gasteiger partial charge in [-0.3, -0.25) is 4.79 Å². The van der Waals surface area contributed by atoms with Crippen LogP contribution in [0.15, 0.2) is 42.5 Å². The fourth-order valence-corrected chi connectivity index (χ4v) is 2.51. The Morgan fingerprint density at radius 2 is 2.12 bits per heavy atom. The minimum absolute atomic E-state index is 0.171. The van der Waals surface area contributed by atoms with Crippen LogP contribution in [0.5, 0.6) is 0 Å². The van der Waals surface area contributed by atoms with E-state index in [1.165, 1.54) is 6.21 Å². The summed E-state index contributed by atoms with van der Waals surface area (Å²) in [6, 6.07) is 12.3. The molecule has 5 heteroatoms. The zero-order valence-corrected chi connectivity index (χ0v) is 13.3. The number of rotatable bonds is 6. The van der Waals surface area contributed by atoms with E-state index < -0.39 is 5.92 Å². The number of anilines is 2. The fraction of sp³-hybridized carbons (Fsp3) is 0.158. The number of hydrogen-bond donors (Lipinski definition) is 4. The van der Waals surface area contributed by atoms with Crippen LogP contribution >= 0.6 is 0 Å². The van der Waals surface area contributed by atoms with Crippen LogP contribution in [-0.4, -0.2) is 18.7 Å². The first-order valence-electron chi connectivity index (χ1n) is 7.56. The lowest BCUT2D eigenvalue weighted by Gasteiger charge is -2.17. The molecule has 0 aromatic heterocycles. The molecule has 5 nitrogen and oxygen atoms in total. The van der Waals surface area contributed by atoms with Crippen molar-refractivity contribution in [3.8, 4) is 12.3 Å². The normalized spacial score (nSPS) is 11.3. The van der Waals surface area contributed by atoms with Gasteiger partial charge in [0.1, 0.15) is 0 Å². The third-order valence-electron chi connectivity index (χ3n) is 3.71. The number of nitrogens with two attached hydrogens (primary N) is 2. The number of nitrogen functional groups attached to an aromatic ring is 1. The molecular weight excluding hydrogens is 300 g/mol. The summed E-state index contributed by atoms with van der Waals surface area (Å²) in [6.07, 6.45) is 7.06. The van der Waals surface area contributed by atoms with Crippen molar-refractivity contribution in [1.82, 2.24) is 0 Å². The Bertz CT molecular complexity index is 792. The van der Waals surface area contributed by atoms with Crippen LogP contribution < -0.4 is 16.8 Å². The predicted molar refractivity (Wildman–Crippen MR) is 98.2 cm³/mol. The molecule has 0 aliphatic rings. The second-order valence-electron chi connectivity index (χ2n) is 5.38. The number of nitrogens with one attached hydrogen (secondary N) is 2. The topological polar surface area (TPSA) is 105 Å².